The van der Waals surface area contributed by atoms with E-state index in [2.05, 4.69) is 6.07 Å². The van der Waals surface area contributed by atoms with E-state index in [1.54, 1.807) is 44.3 Å². The molecule has 1 fully saturated rings. The van der Waals surface area contributed by atoms with Gasteiger partial charge in [-0.05, 0) is 25.0 Å². The van der Waals surface area contributed by atoms with E-state index in [1.807, 2.05) is 6.92 Å². The fraction of sp³-hybridized carbons (Fsp3) is 0.609. The van der Waals surface area contributed by atoms with Gasteiger partial charge in [-0.1, -0.05) is 13.0 Å². The van der Waals surface area contributed by atoms with Gasteiger partial charge in [0.05, 0.1) is 35.9 Å². The first-order valence-electron chi connectivity index (χ1n) is 10.7. The van der Waals surface area contributed by atoms with E-state index in [0.29, 0.717) is 30.7 Å². The van der Waals surface area contributed by atoms with Crippen molar-refractivity contribution >= 4 is 11.8 Å². The second-order valence-electron chi connectivity index (χ2n) is 8.38. The van der Waals surface area contributed by atoms with Crippen molar-refractivity contribution in [3.05, 3.63) is 29.3 Å². The van der Waals surface area contributed by atoms with E-state index in [4.69, 9.17) is 14.2 Å². The summed E-state index contributed by atoms with van der Waals surface area (Å²) in [7, 11) is 5.08. The van der Waals surface area contributed by atoms with Gasteiger partial charge >= 0.3 is 0 Å². The summed E-state index contributed by atoms with van der Waals surface area (Å²) in [4.78, 5) is 29.2. The molecule has 4 atom stereocenters. The van der Waals surface area contributed by atoms with Gasteiger partial charge in [-0.15, -0.1) is 0 Å². The number of amides is 2. The molecule has 31 heavy (non-hydrogen) atoms. The fourth-order valence-electron chi connectivity index (χ4n) is 4.34. The second kappa shape index (κ2) is 10.1. The van der Waals surface area contributed by atoms with Crippen molar-refractivity contribution in [2.75, 3.05) is 40.9 Å². The summed E-state index contributed by atoms with van der Waals surface area (Å²) in [6.07, 6.45) is 1.93. The molecule has 1 aromatic carbocycles. The molecule has 2 bridgehead atoms. The summed E-state index contributed by atoms with van der Waals surface area (Å²) in [6, 6.07) is 7.07. The fourth-order valence-corrected chi connectivity index (χ4v) is 4.34. The number of carbonyl (C=O) groups excluding carboxylic acids is 2. The third-order valence-corrected chi connectivity index (χ3v) is 6.06. The molecule has 0 N–H and O–H groups in total. The maximum Gasteiger partial charge on any atom is 0.257 e. The highest BCUT2D eigenvalue weighted by Crippen LogP contribution is 2.28. The minimum absolute atomic E-state index is 0.0430. The van der Waals surface area contributed by atoms with Gasteiger partial charge in [0, 0.05) is 40.7 Å². The Bertz CT molecular complexity index is 852. The van der Waals surface area contributed by atoms with Crippen LogP contribution < -0.4 is 4.74 Å². The second-order valence-corrected chi connectivity index (χ2v) is 8.38. The predicted octanol–water partition coefficient (Wildman–Crippen LogP) is 2.07. The van der Waals surface area contributed by atoms with E-state index in [0.717, 1.165) is 12.8 Å². The summed E-state index contributed by atoms with van der Waals surface area (Å²) in [6.45, 7) is 2.81. The number of ether oxygens (including phenoxy) is 3. The molecular weight excluding hydrogens is 398 g/mol. The molecular formula is C23H31N3O5. The highest BCUT2D eigenvalue weighted by molar-refractivity contribution is 5.97. The van der Waals surface area contributed by atoms with E-state index >= 15 is 0 Å². The SMILES string of the molecule is CO[C@H]1CC[C@@H]2CCOc3c(C#N)cccc3C(=O)N(C)C[C@@H](C)C(=O)N(C)C[C@H]1O2. The first-order valence-corrected chi connectivity index (χ1v) is 10.7. The van der Waals surface area contributed by atoms with Crippen LogP contribution in [0.15, 0.2) is 18.2 Å². The summed E-state index contributed by atoms with van der Waals surface area (Å²) >= 11 is 0. The molecule has 1 aromatic rings. The molecule has 2 aliphatic rings. The zero-order chi connectivity index (χ0) is 22.5. The van der Waals surface area contributed by atoms with Crippen LogP contribution in [0, 0.1) is 17.2 Å². The number of hydrogen-bond donors (Lipinski definition) is 0. The molecule has 0 aliphatic carbocycles. The zero-order valence-corrected chi connectivity index (χ0v) is 18.7. The molecule has 2 amide bonds. The average Bonchev–Trinajstić information content (AvgIpc) is 2.77. The van der Waals surface area contributed by atoms with Gasteiger partial charge in [0.25, 0.3) is 5.91 Å². The predicted molar refractivity (Wildman–Crippen MR) is 114 cm³/mol. The van der Waals surface area contributed by atoms with Gasteiger partial charge in [0.15, 0.2) is 0 Å². The maximum absolute atomic E-state index is 13.1. The number of carbonyl (C=O) groups is 2. The molecule has 8 heteroatoms. The molecule has 0 spiro atoms. The molecule has 8 nitrogen and oxygen atoms in total. The lowest BCUT2D eigenvalue weighted by Gasteiger charge is -2.38. The standard InChI is InChI=1S/C23H31N3O5/c1-15-13-25(2)23(28)18-7-5-6-16(12-24)21(18)30-11-10-17-8-9-19(29-4)20(31-17)14-26(3)22(15)27/h5-7,15,17,19-20H,8-11,13-14H2,1-4H3/t15-,17-,19+,20-/m1/s1. The van der Waals surface area contributed by atoms with Crippen LogP contribution in [0.2, 0.25) is 0 Å². The molecule has 2 aliphatic heterocycles. The van der Waals surface area contributed by atoms with Crippen molar-refractivity contribution in [1.82, 2.24) is 9.80 Å². The number of fused-ring (bicyclic) bond motifs is 3. The first-order chi connectivity index (χ1) is 14.8. The van der Waals surface area contributed by atoms with Gasteiger partial charge < -0.3 is 24.0 Å². The van der Waals surface area contributed by atoms with Crippen LogP contribution >= 0.6 is 0 Å². The minimum atomic E-state index is -0.395. The van der Waals surface area contributed by atoms with Crippen LogP contribution in [0.25, 0.3) is 0 Å². The van der Waals surface area contributed by atoms with Crippen molar-refractivity contribution in [2.24, 2.45) is 5.92 Å². The van der Waals surface area contributed by atoms with Crippen LogP contribution in [0.3, 0.4) is 0 Å². The number of rotatable bonds is 1. The minimum Gasteiger partial charge on any atom is -0.491 e. The lowest BCUT2D eigenvalue weighted by atomic mass is 9.98. The lowest BCUT2D eigenvalue weighted by Crippen LogP contribution is -2.49. The van der Waals surface area contributed by atoms with Crippen molar-refractivity contribution in [3.8, 4) is 11.8 Å². The molecule has 168 valence electrons. The third kappa shape index (κ3) is 5.17. The highest BCUT2D eigenvalue weighted by Gasteiger charge is 2.34. The van der Waals surface area contributed by atoms with Crippen LogP contribution in [0.5, 0.6) is 5.75 Å². The maximum atomic E-state index is 13.1. The Labute approximate surface area is 183 Å². The van der Waals surface area contributed by atoms with Gasteiger partial charge in [-0.2, -0.15) is 5.26 Å². The van der Waals surface area contributed by atoms with Crippen LogP contribution in [0.4, 0.5) is 0 Å². The van der Waals surface area contributed by atoms with Crippen molar-refractivity contribution in [1.29, 1.82) is 5.26 Å². The summed E-state index contributed by atoms with van der Waals surface area (Å²) in [5.74, 6) is -0.445. The van der Waals surface area contributed by atoms with Gasteiger partial charge in [0.1, 0.15) is 17.9 Å². The Morgan fingerprint density at radius 3 is 2.61 bits per heavy atom. The largest absolute Gasteiger partial charge is 0.491 e. The normalized spacial score (nSPS) is 28.1. The number of nitriles is 1. The van der Waals surface area contributed by atoms with Gasteiger partial charge in [0.2, 0.25) is 5.91 Å². The number of nitrogens with zero attached hydrogens (tertiary/aromatic N) is 3. The molecule has 1 saturated heterocycles. The van der Waals surface area contributed by atoms with E-state index in [-0.39, 0.29) is 42.4 Å². The first kappa shape index (κ1) is 23.0. The number of para-hydroxylation sites is 1. The molecule has 0 aromatic heterocycles. The monoisotopic (exact) mass is 429 g/mol. The van der Waals surface area contributed by atoms with Crippen molar-refractivity contribution in [2.45, 2.75) is 44.5 Å². The number of methoxy groups -OCH3 is 1. The molecule has 0 saturated carbocycles. The quantitative estimate of drug-likeness (QED) is 0.679. The Hall–Kier alpha value is -2.63. The van der Waals surface area contributed by atoms with Gasteiger partial charge in [-0.3, -0.25) is 9.59 Å². The Morgan fingerprint density at radius 1 is 1.13 bits per heavy atom. The zero-order valence-electron chi connectivity index (χ0n) is 18.7. The molecule has 0 radical (unpaired) electrons. The Morgan fingerprint density at radius 2 is 1.90 bits per heavy atom. The number of likely N-dealkylation sites (N-methyl/N-ethyl adjacent to an activating group) is 1. The highest BCUT2D eigenvalue weighted by atomic mass is 16.5. The van der Waals surface area contributed by atoms with E-state index in [9.17, 15) is 14.9 Å². The van der Waals surface area contributed by atoms with E-state index in [1.165, 1.54) is 4.90 Å². The topological polar surface area (TPSA) is 92.1 Å². The molecule has 2 heterocycles. The van der Waals surface area contributed by atoms with Crippen LogP contribution in [-0.2, 0) is 14.3 Å². The number of benzene rings is 1. The number of hydrogen-bond acceptors (Lipinski definition) is 6. The Balaban J connectivity index is 1.92. The molecule has 0 unspecified atom stereocenters. The average molecular weight is 430 g/mol. The summed E-state index contributed by atoms with van der Waals surface area (Å²) in [5.41, 5.74) is 0.639. The van der Waals surface area contributed by atoms with Crippen molar-refractivity contribution < 1.29 is 23.8 Å². The summed E-state index contributed by atoms with van der Waals surface area (Å²) in [5, 5.41) is 9.51. The summed E-state index contributed by atoms with van der Waals surface area (Å²) < 4.78 is 17.8. The van der Waals surface area contributed by atoms with Crippen LogP contribution in [-0.4, -0.2) is 80.8 Å². The van der Waals surface area contributed by atoms with E-state index < -0.39 is 5.92 Å². The van der Waals surface area contributed by atoms with Crippen LogP contribution in [0.1, 0.15) is 42.1 Å². The third-order valence-electron chi connectivity index (χ3n) is 6.06. The molecule has 3 rings (SSSR count). The lowest BCUT2D eigenvalue weighted by molar-refractivity contribution is -0.152. The van der Waals surface area contributed by atoms with Crippen molar-refractivity contribution in [3.63, 3.8) is 0 Å². The van der Waals surface area contributed by atoms with Gasteiger partial charge in [-0.25, -0.2) is 0 Å². The Kier molecular flexibility index (Phi) is 7.52. The smallest absolute Gasteiger partial charge is 0.257 e.